The quantitative estimate of drug-likeness (QED) is 0.890. The van der Waals surface area contributed by atoms with E-state index in [1.54, 1.807) is 6.20 Å². The number of benzene rings is 1. The molecule has 1 aromatic heterocycles. The largest absolute Gasteiger partial charge is 0.337 e. The second-order valence-corrected chi connectivity index (χ2v) is 5.92. The molecule has 0 spiro atoms. The number of aromatic nitrogens is 2. The van der Waals surface area contributed by atoms with Crippen molar-refractivity contribution in [3.63, 3.8) is 0 Å². The molecule has 1 atom stereocenters. The molecule has 1 saturated heterocycles. The number of halogens is 2. The fourth-order valence-electron chi connectivity index (χ4n) is 2.89. The maximum atomic E-state index is 12.8. The van der Waals surface area contributed by atoms with E-state index in [4.69, 9.17) is 11.6 Å². The number of likely N-dealkylation sites (N-methyl/N-ethyl adjacent to an activating group) is 1. The van der Waals surface area contributed by atoms with Gasteiger partial charge in [0.25, 0.3) is 5.91 Å². The Labute approximate surface area is 146 Å². The normalized spacial score (nSPS) is 17.7. The Morgan fingerprint density at radius 2 is 2.22 bits per heavy atom. The third kappa shape index (κ3) is 3.68. The highest BCUT2D eigenvalue weighted by Crippen LogP contribution is 2.29. The topological polar surface area (TPSA) is 61.0 Å². The first-order valence-electron chi connectivity index (χ1n) is 7.45. The molecule has 3 rings (SSSR count). The van der Waals surface area contributed by atoms with Gasteiger partial charge in [-0.05, 0) is 26.0 Å². The number of hydrogen-bond donors (Lipinski definition) is 2. The fraction of sp³-hybridized carbons (Fsp3) is 0.375. The lowest BCUT2D eigenvalue weighted by molar-refractivity contribution is 0.0699. The van der Waals surface area contributed by atoms with Crippen LogP contribution < -0.4 is 5.32 Å². The zero-order valence-electron chi connectivity index (χ0n) is 12.9. The molecule has 1 amide bonds. The number of aromatic amines is 1. The fourth-order valence-corrected chi connectivity index (χ4v) is 3.12. The molecule has 2 aromatic rings. The van der Waals surface area contributed by atoms with Gasteiger partial charge in [-0.1, -0.05) is 29.8 Å². The zero-order chi connectivity index (χ0) is 15.5. The summed E-state index contributed by atoms with van der Waals surface area (Å²) < 4.78 is 0. The van der Waals surface area contributed by atoms with Crippen molar-refractivity contribution in [1.82, 2.24) is 20.4 Å². The Kier molecular flexibility index (Phi) is 6.04. The lowest BCUT2D eigenvalue weighted by Crippen LogP contribution is -2.47. The molecule has 0 bridgehead atoms. The Morgan fingerprint density at radius 1 is 1.43 bits per heavy atom. The summed E-state index contributed by atoms with van der Waals surface area (Å²) in [6, 6.07) is 7.82. The van der Waals surface area contributed by atoms with Gasteiger partial charge < -0.3 is 10.2 Å². The van der Waals surface area contributed by atoms with Crippen molar-refractivity contribution in [3.05, 3.63) is 41.0 Å². The molecule has 2 N–H and O–H groups in total. The van der Waals surface area contributed by atoms with Crippen molar-refractivity contribution in [2.75, 3.05) is 20.1 Å². The van der Waals surface area contributed by atoms with Gasteiger partial charge in [0.2, 0.25) is 0 Å². The molecule has 1 aliphatic rings. The Hall–Kier alpha value is -1.56. The molecular weight excluding hydrogens is 335 g/mol. The van der Waals surface area contributed by atoms with Gasteiger partial charge in [0.1, 0.15) is 0 Å². The van der Waals surface area contributed by atoms with Crippen molar-refractivity contribution in [2.45, 2.75) is 18.9 Å². The van der Waals surface area contributed by atoms with E-state index in [0.29, 0.717) is 22.3 Å². The van der Waals surface area contributed by atoms with Crippen LogP contribution in [0.15, 0.2) is 30.5 Å². The molecule has 2 heterocycles. The summed E-state index contributed by atoms with van der Waals surface area (Å²) in [5.41, 5.74) is 2.05. The lowest BCUT2D eigenvalue weighted by atomic mass is 10.0. The molecule has 1 aliphatic heterocycles. The second-order valence-electron chi connectivity index (χ2n) is 5.52. The highest BCUT2D eigenvalue weighted by atomic mass is 35.5. The summed E-state index contributed by atoms with van der Waals surface area (Å²) in [5.74, 6) is 0.00335. The van der Waals surface area contributed by atoms with Crippen molar-refractivity contribution in [3.8, 4) is 11.3 Å². The van der Waals surface area contributed by atoms with Crippen molar-refractivity contribution in [1.29, 1.82) is 0 Å². The minimum atomic E-state index is 0. The Bertz CT molecular complexity index is 674. The number of nitrogens with zero attached hydrogens (tertiary/aromatic N) is 2. The van der Waals surface area contributed by atoms with Crippen LogP contribution in [0.1, 0.15) is 23.2 Å². The van der Waals surface area contributed by atoms with Crippen LogP contribution in [0.2, 0.25) is 5.02 Å². The van der Waals surface area contributed by atoms with Crippen LogP contribution in [0, 0.1) is 0 Å². The first-order chi connectivity index (χ1) is 10.7. The van der Waals surface area contributed by atoms with Crippen LogP contribution in [0.25, 0.3) is 11.3 Å². The number of likely N-dealkylation sites (tertiary alicyclic amines) is 1. The van der Waals surface area contributed by atoms with Crippen LogP contribution in [0.4, 0.5) is 0 Å². The number of rotatable bonds is 3. The molecule has 0 saturated carbocycles. The molecule has 5 nitrogen and oxygen atoms in total. The molecule has 7 heteroatoms. The van der Waals surface area contributed by atoms with Gasteiger partial charge in [-0.2, -0.15) is 5.10 Å². The predicted octanol–water partition coefficient (Wildman–Crippen LogP) is 2.98. The van der Waals surface area contributed by atoms with Crippen LogP contribution >= 0.6 is 24.0 Å². The number of hydrogen-bond acceptors (Lipinski definition) is 3. The van der Waals surface area contributed by atoms with E-state index in [2.05, 4.69) is 15.5 Å². The Balaban J connectivity index is 0.00000192. The van der Waals surface area contributed by atoms with E-state index in [1.807, 2.05) is 36.2 Å². The first-order valence-corrected chi connectivity index (χ1v) is 7.83. The predicted molar refractivity (Wildman–Crippen MR) is 94.3 cm³/mol. The molecular formula is C16H20Cl2N4O. The molecule has 0 radical (unpaired) electrons. The van der Waals surface area contributed by atoms with E-state index in [0.717, 1.165) is 31.5 Å². The van der Waals surface area contributed by atoms with Crippen LogP contribution in [-0.4, -0.2) is 47.2 Å². The minimum absolute atomic E-state index is 0. The maximum absolute atomic E-state index is 12.8. The van der Waals surface area contributed by atoms with Gasteiger partial charge in [0.05, 0.1) is 17.5 Å². The maximum Gasteiger partial charge on any atom is 0.257 e. The highest BCUT2D eigenvalue weighted by Gasteiger charge is 2.26. The average molecular weight is 355 g/mol. The molecule has 0 aliphatic carbocycles. The van der Waals surface area contributed by atoms with E-state index < -0.39 is 0 Å². The number of piperidine rings is 1. The van der Waals surface area contributed by atoms with Crippen molar-refractivity contribution < 1.29 is 4.79 Å². The summed E-state index contributed by atoms with van der Waals surface area (Å²) in [6.07, 6.45) is 3.70. The second kappa shape index (κ2) is 7.81. The van der Waals surface area contributed by atoms with E-state index in [-0.39, 0.29) is 18.3 Å². The smallest absolute Gasteiger partial charge is 0.257 e. The van der Waals surface area contributed by atoms with Crippen molar-refractivity contribution >= 4 is 29.9 Å². The summed E-state index contributed by atoms with van der Waals surface area (Å²) in [5, 5.41) is 10.8. The summed E-state index contributed by atoms with van der Waals surface area (Å²) in [6.45, 7) is 1.51. The van der Waals surface area contributed by atoms with Gasteiger partial charge in [0.15, 0.2) is 0 Å². The lowest BCUT2D eigenvalue weighted by Gasteiger charge is -2.32. The monoisotopic (exact) mass is 354 g/mol. The molecule has 1 unspecified atom stereocenters. The molecule has 124 valence electrons. The number of carbonyl (C=O) groups excluding carboxylic acids is 1. The van der Waals surface area contributed by atoms with E-state index in [9.17, 15) is 4.79 Å². The summed E-state index contributed by atoms with van der Waals surface area (Å²) in [7, 11) is 1.94. The van der Waals surface area contributed by atoms with Gasteiger partial charge in [-0.15, -0.1) is 12.4 Å². The van der Waals surface area contributed by atoms with Gasteiger partial charge >= 0.3 is 0 Å². The van der Waals surface area contributed by atoms with Gasteiger partial charge in [-0.3, -0.25) is 9.89 Å². The number of nitrogens with one attached hydrogen (secondary N) is 2. The van der Waals surface area contributed by atoms with Crippen LogP contribution in [0.5, 0.6) is 0 Å². The minimum Gasteiger partial charge on any atom is -0.337 e. The van der Waals surface area contributed by atoms with Gasteiger partial charge in [-0.25, -0.2) is 0 Å². The SMILES string of the molecule is CNC1CCCN(C(=O)c2cn[nH]c2-c2ccccc2Cl)C1.Cl. The molecule has 1 fully saturated rings. The zero-order valence-corrected chi connectivity index (χ0v) is 14.5. The van der Waals surface area contributed by atoms with Crippen LogP contribution in [0.3, 0.4) is 0 Å². The van der Waals surface area contributed by atoms with Crippen LogP contribution in [-0.2, 0) is 0 Å². The van der Waals surface area contributed by atoms with Gasteiger partial charge in [0, 0.05) is 29.7 Å². The standard InChI is InChI=1S/C16H19ClN4O.ClH/c1-18-11-5-4-8-21(10-11)16(22)13-9-19-20-15(13)12-6-2-3-7-14(12)17;/h2-3,6-7,9,11,18H,4-5,8,10H2,1H3,(H,19,20);1H. The van der Waals surface area contributed by atoms with Crippen molar-refractivity contribution in [2.24, 2.45) is 0 Å². The average Bonchev–Trinajstić information content (AvgIpc) is 3.04. The number of amides is 1. The number of carbonyl (C=O) groups is 1. The Morgan fingerprint density at radius 3 is 2.96 bits per heavy atom. The summed E-state index contributed by atoms with van der Waals surface area (Å²) in [4.78, 5) is 14.7. The number of H-pyrrole nitrogens is 1. The molecule has 23 heavy (non-hydrogen) atoms. The molecule has 1 aromatic carbocycles. The third-order valence-corrected chi connectivity index (χ3v) is 4.46. The van der Waals surface area contributed by atoms with E-state index in [1.165, 1.54) is 0 Å². The van der Waals surface area contributed by atoms with E-state index >= 15 is 0 Å². The first kappa shape index (κ1) is 17.8. The summed E-state index contributed by atoms with van der Waals surface area (Å²) >= 11 is 6.24. The third-order valence-electron chi connectivity index (χ3n) is 4.13. The highest BCUT2D eigenvalue weighted by molar-refractivity contribution is 6.33.